The van der Waals surface area contributed by atoms with Gasteiger partial charge in [-0.15, -0.1) is 0 Å². The highest BCUT2D eigenvalue weighted by Gasteiger charge is 2.15. The highest BCUT2D eigenvalue weighted by Crippen LogP contribution is 2.13. The zero-order chi connectivity index (χ0) is 13.5. The van der Waals surface area contributed by atoms with Crippen LogP contribution < -0.4 is 10.6 Å². The molecule has 1 fully saturated rings. The third-order valence-corrected chi connectivity index (χ3v) is 3.27. The van der Waals surface area contributed by atoms with Crippen molar-refractivity contribution in [1.29, 1.82) is 0 Å². The minimum atomic E-state index is -0.102. The Hall–Kier alpha value is -1.62. The number of hydrogen-bond acceptors (Lipinski definition) is 4. The summed E-state index contributed by atoms with van der Waals surface area (Å²) in [6.07, 6.45) is 3.73. The molecular formula is C14H21N3O2. The number of amides is 1. The smallest absolute Gasteiger partial charge is 0.269 e. The maximum atomic E-state index is 11.9. The highest BCUT2D eigenvalue weighted by atomic mass is 16.5. The molecule has 104 valence electrons. The SMILES string of the molecule is CCNc1ccc(C(=O)NCC2CCOCC2)nc1. The van der Waals surface area contributed by atoms with Crippen molar-refractivity contribution in [2.75, 3.05) is 31.6 Å². The first-order chi connectivity index (χ1) is 9.29. The molecule has 0 unspecified atom stereocenters. The van der Waals surface area contributed by atoms with E-state index in [1.807, 2.05) is 13.0 Å². The molecule has 1 saturated heterocycles. The zero-order valence-corrected chi connectivity index (χ0v) is 11.3. The molecule has 2 N–H and O–H groups in total. The van der Waals surface area contributed by atoms with Crippen LogP contribution in [0.3, 0.4) is 0 Å². The number of carbonyl (C=O) groups is 1. The molecule has 0 radical (unpaired) electrons. The lowest BCUT2D eigenvalue weighted by molar-refractivity contribution is 0.0642. The molecule has 19 heavy (non-hydrogen) atoms. The van der Waals surface area contributed by atoms with Crippen LogP contribution in [0.5, 0.6) is 0 Å². The zero-order valence-electron chi connectivity index (χ0n) is 11.3. The Morgan fingerprint density at radius 3 is 2.84 bits per heavy atom. The summed E-state index contributed by atoms with van der Waals surface area (Å²) in [6, 6.07) is 3.62. The van der Waals surface area contributed by atoms with E-state index in [0.717, 1.165) is 38.3 Å². The van der Waals surface area contributed by atoms with E-state index in [4.69, 9.17) is 4.74 Å². The Morgan fingerprint density at radius 2 is 2.21 bits per heavy atom. The van der Waals surface area contributed by atoms with Gasteiger partial charge in [-0.1, -0.05) is 0 Å². The number of nitrogens with one attached hydrogen (secondary N) is 2. The summed E-state index contributed by atoms with van der Waals surface area (Å²) >= 11 is 0. The van der Waals surface area contributed by atoms with Crippen LogP contribution in [0.15, 0.2) is 18.3 Å². The lowest BCUT2D eigenvalue weighted by Crippen LogP contribution is -2.32. The van der Waals surface area contributed by atoms with Crippen molar-refractivity contribution in [1.82, 2.24) is 10.3 Å². The Kier molecular flexibility index (Phi) is 5.15. The number of anilines is 1. The van der Waals surface area contributed by atoms with Crippen molar-refractivity contribution >= 4 is 11.6 Å². The fraction of sp³-hybridized carbons (Fsp3) is 0.571. The molecule has 1 aliphatic rings. The largest absolute Gasteiger partial charge is 0.384 e. The monoisotopic (exact) mass is 263 g/mol. The van der Waals surface area contributed by atoms with Crippen molar-refractivity contribution < 1.29 is 9.53 Å². The van der Waals surface area contributed by atoms with Crippen LogP contribution in [0.25, 0.3) is 0 Å². The number of aromatic nitrogens is 1. The summed E-state index contributed by atoms with van der Waals surface area (Å²) in [5.41, 5.74) is 1.40. The van der Waals surface area contributed by atoms with Gasteiger partial charge < -0.3 is 15.4 Å². The van der Waals surface area contributed by atoms with Crippen LogP contribution in [0, 0.1) is 5.92 Å². The van der Waals surface area contributed by atoms with E-state index in [1.54, 1.807) is 12.3 Å². The molecule has 0 bridgehead atoms. The standard InChI is InChI=1S/C14H21N3O2/c1-2-15-12-3-4-13(16-10-12)14(18)17-9-11-5-7-19-8-6-11/h3-4,10-11,15H,2,5-9H2,1H3,(H,17,18). The van der Waals surface area contributed by atoms with Crippen LogP contribution in [-0.4, -0.2) is 37.2 Å². The summed E-state index contributed by atoms with van der Waals surface area (Å²) in [4.78, 5) is 16.1. The van der Waals surface area contributed by atoms with Crippen LogP contribution in [0.4, 0.5) is 5.69 Å². The van der Waals surface area contributed by atoms with Gasteiger partial charge in [-0.25, -0.2) is 4.98 Å². The van der Waals surface area contributed by atoms with Gasteiger partial charge in [-0.3, -0.25) is 4.79 Å². The lowest BCUT2D eigenvalue weighted by Gasteiger charge is -2.22. The average molecular weight is 263 g/mol. The number of nitrogens with zero attached hydrogens (tertiary/aromatic N) is 1. The van der Waals surface area contributed by atoms with Crippen LogP contribution >= 0.6 is 0 Å². The summed E-state index contributed by atoms with van der Waals surface area (Å²) in [5.74, 6) is 0.424. The Morgan fingerprint density at radius 1 is 1.42 bits per heavy atom. The van der Waals surface area contributed by atoms with Gasteiger partial charge in [0, 0.05) is 26.3 Å². The van der Waals surface area contributed by atoms with Crippen LogP contribution in [-0.2, 0) is 4.74 Å². The number of pyridine rings is 1. The second-order valence-corrected chi connectivity index (χ2v) is 4.73. The van der Waals surface area contributed by atoms with Gasteiger partial charge in [0.2, 0.25) is 0 Å². The Bertz CT molecular complexity index is 400. The Labute approximate surface area is 113 Å². The third kappa shape index (κ3) is 4.21. The molecule has 1 aliphatic heterocycles. The normalized spacial score (nSPS) is 16.1. The van der Waals surface area contributed by atoms with Gasteiger partial charge >= 0.3 is 0 Å². The minimum Gasteiger partial charge on any atom is -0.384 e. The predicted octanol–water partition coefficient (Wildman–Crippen LogP) is 1.67. The van der Waals surface area contributed by atoms with Crippen molar-refractivity contribution in [3.05, 3.63) is 24.0 Å². The molecule has 0 spiro atoms. The van der Waals surface area contributed by atoms with Gasteiger partial charge in [0.1, 0.15) is 5.69 Å². The first kappa shape index (κ1) is 13.8. The summed E-state index contributed by atoms with van der Waals surface area (Å²) in [7, 11) is 0. The maximum Gasteiger partial charge on any atom is 0.269 e. The molecule has 0 aliphatic carbocycles. The first-order valence-corrected chi connectivity index (χ1v) is 6.85. The molecule has 1 aromatic heterocycles. The molecule has 1 aromatic rings. The highest BCUT2D eigenvalue weighted by molar-refractivity contribution is 5.92. The van der Waals surface area contributed by atoms with E-state index < -0.39 is 0 Å². The summed E-state index contributed by atoms with van der Waals surface area (Å²) < 4.78 is 5.30. The van der Waals surface area contributed by atoms with E-state index in [-0.39, 0.29) is 5.91 Å². The molecule has 0 aromatic carbocycles. The van der Waals surface area contributed by atoms with Gasteiger partial charge in [-0.05, 0) is 37.8 Å². The molecule has 0 saturated carbocycles. The second kappa shape index (κ2) is 7.09. The fourth-order valence-corrected chi connectivity index (χ4v) is 2.11. The maximum absolute atomic E-state index is 11.9. The minimum absolute atomic E-state index is 0.102. The van der Waals surface area contributed by atoms with Crippen molar-refractivity contribution in [3.63, 3.8) is 0 Å². The predicted molar refractivity (Wildman–Crippen MR) is 74.3 cm³/mol. The van der Waals surface area contributed by atoms with Gasteiger partial charge in [0.05, 0.1) is 11.9 Å². The van der Waals surface area contributed by atoms with Crippen molar-refractivity contribution in [3.8, 4) is 0 Å². The molecule has 5 nitrogen and oxygen atoms in total. The van der Waals surface area contributed by atoms with Crippen LogP contribution in [0.1, 0.15) is 30.3 Å². The van der Waals surface area contributed by atoms with Crippen LogP contribution in [0.2, 0.25) is 0 Å². The third-order valence-electron chi connectivity index (χ3n) is 3.27. The first-order valence-electron chi connectivity index (χ1n) is 6.85. The number of carbonyl (C=O) groups excluding carboxylic acids is 1. The van der Waals surface area contributed by atoms with E-state index in [9.17, 15) is 4.79 Å². The molecule has 5 heteroatoms. The van der Waals surface area contributed by atoms with E-state index in [0.29, 0.717) is 18.2 Å². The number of ether oxygens (including phenoxy) is 1. The average Bonchev–Trinajstić information content (AvgIpc) is 2.47. The molecule has 2 rings (SSSR count). The van der Waals surface area contributed by atoms with E-state index in [2.05, 4.69) is 15.6 Å². The lowest BCUT2D eigenvalue weighted by atomic mass is 10.0. The quantitative estimate of drug-likeness (QED) is 0.848. The Balaban J connectivity index is 1.81. The van der Waals surface area contributed by atoms with Gasteiger partial charge in [-0.2, -0.15) is 0 Å². The topological polar surface area (TPSA) is 63.2 Å². The number of rotatable bonds is 5. The molecule has 0 atom stereocenters. The summed E-state index contributed by atoms with van der Waals surface area (Å²) in [5, 5.41) is 6.09. The molecule has 1 amide bonds. The van der Waals surface area contributed by atoms with Gasteiger partial charge in [0.25, 0.3) is 5.91 Å². The molecule has 2 heterocycles. The molecular weight excluding hydrogens is 242 g/mol. The number of hydrogen-bond donors (Lipinski definition) is 2. The van der Waals surface area contributed by atoms with Crippen molar-refractivity contribution in [2.24, 2.45) is 5.92 Å². The van der Waals surface area contributed by atoms with E-state index in [1.165, 1.54) is 0 Å². The van der Waals surface area contributed by atoms with E-state index >= 15 is 0 Å². The van der Waals surface area contributed by atoms with Crippen molar-refractivity contribution in [2.45, 2.75) is 19.8 Å². The van der Waals surface area contributed by atoms with Gasteiger partial charge in [0.15, 0.2) is 0 Å². The second-order valence-electron chi connectivity index (χ2n) is 4.73. The summed E-state index contributed by atoms with van der Waals surface area (Å²) in [6.45, 7) is 5.18. The fourth-order valence-electron chi connectivity index (χ4n) is 2.11.